The molecular formula is C11H12FNO2S2. The Kier molecular flexibility index (Phi) is 3.83. The van der Waals surface area contributed by atoms with Crippen LogP contribution < -0.4 is 0 Å². The van der Waals surface area contributed by atoms with Crippen LogP contribution in [0.3, 0.4) is 0 Å². The molecule has 1 fully saturated rings. The summed E-state index contributed by atoms with van der Waals surface area (Å²) in [6.07, 6.45) is 0. The van der Waals surface area contributed by atoms with Crippen molar-refractivity contribution in [3.8, 4) is 0 Å². The molecule has 0 atom stereocenters. The summed E-state index contributed by atoms with van der Waals surface area (Å²) in [6.45, 7) is 0.982. The van der Waals surface area contributed by atoms with E-state index in [0.29, 0.717) is 30.2 Å². The van der Waals surface area contributed by atoms with Crippen LogP contribution in [0.15, 0.2) is 23.1 Å². The van der Waals surface area contributed by atoms with Crippen LogP contribution in [0.4, 0.5) is 4.39 Å². The van der Waals surface area contributed by atoms with Gasteiger partial charge in [-0.05, 0) is 18.2 Å². The average molecular weight is 273 g/mol. The molecule has 6 heteroatoms. The number of thiol groups is 1. The van der Waals surface area contributed by atoms with Gasteiger partial charge in [0.25, 0.3) is 5.91 Å². The van der Waals surface area contributed by atoms with Crippen molar-refractivity contribution in [1.82, 2.24) is 4.90 Å². The second kappa shape index (κ2) is 5.18. The molecule has 0 aliphatic carbocycles. The number of hydrogen-bond donors (Lipinski definition) is 1. The third-order valence-electron chi connectivity index (χ3n) is 2.66. The highest BCUT2D eigenvalue weighted by atomic mass is 32.2. The minimum Gasteiger partial charge on any atom is -0.337 e. The van der Waals surface area contributed by atoms with Crippen LogP contribution in [0.5, 0.6) is 0 Å². The van der Waals surface area contributed by atoms with Crippen molar-refractivity contribution in [1.29, 1.82) is 0 Å². The summed E-state index contributed by atoms with van der Waals surface area (Å²) >= 11 is 3.95. The second-order valence-corrected chi connectivity index (χ2v) is 5.98. The van der Waals surface area contributed by atoms with Gasteiger partial charge in [-0.2, -0.15) is 0 Å². The molecule has 1 aliphatic heterocycles. The monoisotopic (exact) mass is 273 g/mol. The molecular weight excluding hydrogens is 261 g/mol. The van der Waals surface area contributed by atoms with Crippen molar-refractivity contribution < 1.29 is 13.4 Å². The minimum absolute atomic E-state index is 0.156. The maximum atomic E-state index is 13.0. The Bertz CT molecular complexity index is 469. The molecule has 0 spiro atoms. The molecule has 17 heavy (non-hydrogen) atoms. The zero-order valence-electron chi connectivity index (χ0n) is 9.06. The molecule has 2 rings (SSSR count). The zero-order valence-corrected chi connectivity index (χ0v) is 10.8. The largest absolute Gasteiger partial charge is 0.337 e. The molecule has 1 aliphatic rings. The molecule has 0 radical (unpaired) electrons. The number of halogens is 1. The Balaban J connectivity index is 2.14. The third-order valence-corrected chi connectivity index (χ3v) is 4.28. The molecule has 0 saturated carbocycles. The fourth-order valence-corrected chi connectivity index (χ4v) is 2.94. The Morgan fingerprint density at radius 3 is 2.59 bits per heavy atom. The second-order valence-electron chi connectivity index (χ2n) is 3.81. The van der Waals surface area contributed by atoms with Gasteiger partial charge in [0, 0.05) is 45.9 Å². The minimum atomic E-state index is -0.811. The van der Waals surface area contributed by atoms with Crippen LogP contribution >= 0.6 is 12.6 Å². The molecule has 1 aromatic rings. The van der Waals surface area contributed by atoms with Gasteiger partial charge in [0.15, 0.2) is 0 Å². The van der Waals surface area contributed by atoms with E-state index in [2.05, 4.69) is 12.6 Å². The van der Waals surface area contributed by atoms with E-state index in [0.717, 1.165) is 0 Å². The van der Waals surface area contributed by atoms with Gasteiger partial charge in [0.05, 0.1) is 0 Å². The molecule has 0 unspecified atom stereocenters. The SMILES string of the molecule is O=C(c1ccc(F)c(S)c1)N1CCS(=O)CC1. The van der Waals surface area contributed by atoms with Crippen LogP contribution in [-0.4, -0.2) is 39.6 Å². The highest BCUT2D eigenvalue weighted by Gasteiger charge is 2.21. The highest BCUT2D eigenvalue weighted by Crippen LogP contribution is 2.16. The molecule has 1 aromatic carbocycles. The Labute approximate surface area is 107 Å². The fourth-order valence-electron chi connectivity index (χ4n) is 1.67. The summed E-state index contributed by atoms with van der Waals surface area (Å²) in [6, 6.07) is 4.10. The van der Waals surface area contributed by atoms with Gasteiger partial charge >= 0.3 is 0 Å². The van der Waals surface area contributed by atoms with E-state index < -0.39 is 16.6 Å². The summed E-state index contributed by atoms with van der Waals surface area (Å²) in [5.41, 5.74) is 0.420. The van der Waals surface area contributed by atoms with Crippen LogP contribution in [-0.2, 0) is 10.8 Å². The van der Waals surface area contributed by atoms with Gasteiger partial charge in [-0.15, -0.1) is 12.6 Å². The van der Waals surface area contributed by atoms with E-state index >= 15 is 0 Å². The first-order valence-corrected chi connectivity index (χ1v) is 7.14. The van der Waals surface area contributed by atoms with Gasteiger partial charge in [-0.25, -0.2) is 4.39 Å². The van der Waals surface area contributed by atoms with E-state index in [1.165, 1.54) is 18.2 Å². The standard InChI is InChI=1S/C11H12FNO2S2/c12-9-2-1-8(7-10(9)16)11(14)13-3-5-17(15)6-4-13/h1-2,7,16H,3-6H2. The van der Waals surface area contributed by atoms with Crippen molar-refractivity contribution in [2.45, 2.75) is 4.90 Å². The summed E-state index contributed by atoms with van der Waals surface area (Å²) < 4.78 is 24.2. The molecule has 1 heterocycles. The molecule has 92 valence electrons. The molecule has 1 amide bonds. The number of benzene rings is 1. The summed E-state index contributed by atoms with van der Waals surface area (Å²) in [5.74, 6) is 0.433. The summed E-state index contributed by atoms with van der Waals surface area (Å²) in [5, 5.41) is 0. The van der Waals surface area contributed by atoms with E-state index in [9.17, 15) is 13.4 Å². The number of hydrogen-bond acceptors (Lipinski definition) is 3. The molecule has 1 saturated heterocycles. The maximum Gasteiger partial charge on any atom is 0.253 e. The van der Waals surface area contributed by atoms with Crippen molar-refractivity contribution in [3.05, 3.63) is 29.6 Å². The van der Waals surface area contributed by atoms with E-state index in [1.807, 2.05) is 0 Å². The normalized spacial score (nSPS) is 17.2. The predicted octanol–water partition coefficient (Wildman–Crippen LogP) is 1.32. The van der Waals surface area contributed by atoms with Crippen molar-refractivity contribution >= 4 is 29.3 Å². The lowest BCUT2D eigenvalue weighted by atomic mass is 10.2. The van der Waals surface area contributed by atoms with Gasteiger partial charge in [0.1, 0.15) is 5.82 Å². The van der Waals surface area contributed by atoms with Gasteiger partial charge in [0.2, 0.25) is 0 Å². The van der Waals surface area contributed by atoms with Gasteiger partial charge in [-0.1, -0.05) is 0 Å². The molecule has 0 N–H and O–H groups in total. The number of rotatable bonds is 1. The van der Waals surface area contributed by atoms with Crippen molar-refractivity contribution in [2.75, 3.05) is 24.6 Å². The molecule has 0 bridgehead atoms. The number of carbonyl (C=O) groups excluding carboxylic acids is 1. The van der Waals surface area contributed by atoms with E-state index in [-0.39, 0.29) is 10.8 Å². The fraction of sp³-hybridized carbons (Fsp3) is 0.364. The first kappa shape index (κ1) is 12.6. The Morgan fingerprint density at radius 2 is 2.00 bits per heavy atom. The van der Waals surface area contributed by atoms with E-state index in [4.69, 9.17) is 0 Å². The van der Waals surface area contributed by atoms with Crippen LogP contribution in [0.2, 0.25) is 0 Å². The number of nitrogens with zero attached hydrogens (tertiary/aromatic N) is 1. The van der Waals surface area contributed by atoms with Crippen molar-refractivity contribution in [2.24, 2.45) is 0 Å². The average Bonchev–Trinajstić information content (AvgIpc) is 2.33. The first-order valence-electron chi connectivity index (χ1n) is 5.20. The first-order chi connectivity index (χ1) is 8.08. The molecule has 0 aromatic heterocycles. The van der Waals surface area contributed by atoms with E-state index in [1.54, 1.807) is 4.90 Å². The topological polar surface area (TPSA) is 37.4 Å². The lowest BCUT2D eigenvalue weighted by Gasteiger charge is -2.26. The van der Waals surface area contributed by atoms with Crippen LogP contribution in [0, 0.1) is 5.82 Å². The lowest BCUT2D eigenvalue weighted by molar-refractivity contribution is 0.0771. The molecule has 3 nitrogen and oxygen atoms in total. The maximum absolute atomic E-state index is 13.0. The predicted molar refractivity (Wildman–Crippen MR) is 67.4 cm³/mol. The lowest BCUT2D eigenvalue weighted by Crippen LogP contribution is -2.41. The highest BCUT2D eigenvalue weighted by molar-refractivity contribution is 7.85. The smallest absolute Gasteiger partial charge is 0.253 e. The summed E-state index contributed by atoms with van der Waals surface area (Å²) in [7, 11) is -0.811. The number of amides is 1. The van der Waals surface area contributed by atoms with Crippen LogP contribution in [0.25, 0.3) is 0 Å². The zero-order chi connectivity index (χ0) is 12.4. The Morgan fingerprint density at radius 1 is 1.35 bits per heavy atom. The Hall–Kier alpha value is -0.880. The summed E-state index contributed by atoms with van der Waals surface area (Å²) in [4.78, 5) is 13.8. The van der Waals surface area contributed by atoms with Crippen LogP contribution in [0.1, 0.15) is 10.4 Å². The quantitative estimate of drug-likeness (QED) is 0.784. The van der Waals surface area contributed by atoms with Gasteiger partial charge < -0.3 is 4.90 Å². The van der Waals surface area contributed by atoms with Gasteiger partial charge in [-0.3, -0.25) is 9.00 Å². The third kappa shape index (κ3) is 2.87. The van der Waals surface area contributed by atoms with Crippen molar-refractivity contribution in [3.63, 3.8) is 0 Å². The number of carbonyl (C=O) groups is 1.